The first kappa shape index (κ1) is 16.0. The standard InChI is InChI=1S/C17H18FNO3/c18-14-8-4-5-9-16(14)22-12-17(21)19-15(10-11-20)13-6-2-1-3-7-13/h1-9,15,20H,10-12H2,(H,19,21). The Kier molecular flexibility index (Phi) is 5.91. The zero-order valence-corrected chi connectivity index (χ0v) is 12.0. The minimum Gasteiger partial charge on any atom is -0.481 e. The molecule has 22 heavy (non-hydrogen) atoms. The lowest BCUT2D eigenvalue weighted by molar-refractivity contribution is -0.124. The molecule has 0 saturated heterocycles. The third-order valence-corrected chi connectivity index (χ3v) is 3.15. The number of aliphatic hydroxyl groups excluding tert-OH is 1. The van der Waals surface area contributed by atoms with Crippen molar-refractivity contribution >= 4 is 5.91 Å². The smallest absolute Gasteiger partial charge is 0.258 e. The number of aliphatic hydroxyl groups is 1. The average molecular weight is 303 g/mol. The molecule has 116 valence electrons. The summed E-state index contributed by atoms with van der Waals surface area (Å²) in [4.78, 5) is 11.9. The molecule has 0 aromatic heterocycles. The van der Waals surface area contributed by atoms with Gasteiger partial charge < -0.3 is 15.2 Å². The van der Waals surface area contributed by atoms with Gasteiger partial charge in [-0.15, -0.1) is 0 Å². The number of hydrogen-bond acceptors (Lipinski definition) is 3. The topological polar surface area (TPSA) is 58.6 Å². The van der Waals surface area contributed by atoms with E-state index in [0.717, 1.165) is 5.56 Å². The zero-order chi connectivity index (χ0) is 15.8. The number of benzene rings is 2. The fraction of sp³-hybridized carbons (Fsp3) is 0.235. The molecule has 4 nitrogen and oxygen atoms in total. The van der Waals surface area contributed by atoms with Crippen LogP contribution < -0.4 is 10.1 Å². The Labute approximate surface area is 128 Å². The van der Waals surface area contributed by atoms with Crippen LogP contribution in [0.1, 0.15) is 18.0 Å². The molecule has 0 saturated carbocycles. The molecule has 2 aromatic rings. The number of ether oxygens (including phenoxy) is 1. The number of halogens is 1. The van der Waals surface area contributed by atoms with E-state index in [-0.39, 0.29) is 30.9 Å². The molecule has 0 radical (unpaired) electrons. The van der Waals surface area contributed by atoms with Crippen LogP contribution in [0.2, 0.25) is 0 Å². The number of hydrogen-bond donors (Lipinski definition) is 2. The summed E-state index contributed by atoms with van der Waals surface area (Å²) in [6.45, 7) is -0.330. The molecule has 0 aliphatic rings. The molecule has 0 aliphatic heterocycles. The number of carbonyl (C=O) groups is 1. The van der Waals surface area contributed by atoms with Crippen molar-refractivity contribution < 1.29 is 19.0 Å². The molecule has 0 bridgehead atoms. The van der Waals surface area contributed by atoms with E-state index in [1.54, 1.807) is 12.1 Å². The van der Waals surface area contributed by atoms with Crippen molar-refractivity contribution in [2.45, 2.75) is 12.5 Å². The number of rotatable bonds is 7. The van der Waals surface area contributed by atoms with Gasteiger partial charge in [-0.25, -0.2) is 4.39 Å². The summed E-state index contributed by atoms with van der Waals surface area (Å²) in [5, 5.41) is 11.9. The summed E-state index contributed by atoms with van der Waals surface area (Å²) >= 11 is 0. The summed E-state index contributed by atoms with van der Waals surface area (Å²) in [6, 6.07) is 15.0. The number of carbonyl (C=O) groups excluding carboxylic acids is 1. The van der Waals surface area contributed by atoms with E-state index < -0.39 is 5.82 Å². The van der Waals surface area contributed by atoms with E-state index >= 15 is 0 Å². The molecule has 1 unspecified atom stereocenters. The van der Waals surface area contributed by atoms with Gasteiger partial charge in [0.15, 0.2) is 18.2 Å². The third-order valence-electron chi connectivity index (χ3n) is 3.15. The second-order valence-electron chi connectivity index (χ2n) is 4.76. The van der Waals surface area contributed by atoms with E-state index in [1.807, 2.05) is 30.3 Å². The Bertz CT molecular complexity index is 604. The fourth-order valence-corrected chi connectivity index (χ4v) is 2.08. The first-order valence-electron chi connectivity index (χ1n) is 7.03. The highest BCUT2D eigenvalue weighted by atomic mass is 19.1. The van der Waals surface area contributed by atoms with Crippen LogP contribution in [0.4, 0.5) is 4.39 Å². The number of nitrogens with one attached hydrogen (secondary N) is 1. The average Bonchev–Trinajstić information content (AvgIpc) is 2.54. The van der Waals surface area contributed by atoms with Crippen molar-refractivity contribution in [3.63, 3.8) is 0 Å². The third kappa shape index (κ3) is 4.56. The molecular weight excluding hydrogens is 285 g/mol. The molecule has 0 heterocycles. The summed E-state index contributed by atoms with van der Waals surface area (Å²) in [6.07, 6.45) is 0.398. The lowest BCUT2D eigenvalue weighted by Gasteiger charge is -2.18. The van der Waals surface area contributed by atoms with Crippen molar-refractivity contribution in [2.24, 2.45) is 0 Å². The maximum absolute atomic E-state index is 13.4. The Morgan fingerprint density at radius 1 is 1.14 bits per heavy atom. The highest BCUT2D eigenvalue weighted by Gasteiger charge is 2.14. The Morgan fingerprint density at radius 3 is 2.50 bits per heavy atom. The van der Waals surface area contributed by atoms with Crippen LogP contribution in [0.15, 0.2) is 54.6 Å². The van der Waals surface area contributed by atoms with E-state index in [1.165, 1.54) is 12.1 Å². The minimum atomic E-state index is -0.509. The molecule has 0 spiro atoms. The van der Waals surface area contributed by atoms with Gasteiger partial charge in [0.25, 0.3) is 5.91 Å². The highest BCUT2D eigenvalue weighted by molar-refractivity contribution is 5.78. The van der Waals surface area contributed by atoms with Crippen molar-refractivity contribution in [1.82, 2.24) is 5.32 Å². The quantitative estimate of drug-likeness (QED) is 0.826. The maximum atomic E-state index is 13.4. The molecule has 1 atom stereocenters. The fourth-order valence-electron chi connectivity index (χ4n) is 2.08. The minimum absolute atomic E-state index is 0.0380. The lowest BCUT2D eigenvalue weighted by atomic mass is 10.0. The highest BCUT2D eigenvalue weighted by Crippen LogP contribution is 2.17. The molecule has 5 heteroatoms. The van der Waals surface area contributed by atoms with Gasteiger partial charge in [-0.05, 0) is 24.1 Å². The van der Waals surface area contributed by atoms with Gasteiger partial charge in [0.05, 0.1) is 6.04 Å². The van der Waals surface area contributed by atoms with Gasteiger partial charge in [-0.2, -0.15) is 0 Å². The summed E-state index contributed by atoms with van der Waals surface area (Å²) in [7, 11) is 0. The zero-order valence-electron chi connectivity index (χ0n) is 12.0. The van der Waals surface area contributed by atoms with Crippen molar-refractivity contribution in [2.75, 3.05) is 13.2 Å². The van der Waals surface area contributed by atoms with Crippen LogP contribution in [0.3, 0.4) is 0 Å². The molecule has 1 amide bonds. The molecule has 2 aromatic carbocycles. The van der Waals surface area contributed by atoms with Gasteiger partial charge in [0.2, 0.25) is 0 Å². The van der Waals surface area contributed by atoms with E-state index in [9.17, 15) is 9.18 Å². The molecule has 2 N–H and O–H groups in total. The van der Waals surface area contributed by atoms with Gasteiger partial charge >= 0.3 is 0 Å². The SMILES string of the molecule is O=C(COc1ccccc1F)NC(CCO)c1ccccc1. The van der Waals surface area contributed by atoms with Crippen LogP contribution in [0.25, 0.3) is 0 Å². The second-order valence-corrected chi connectivity index (χ2v) is 4.76. The summed E-state index contributed by atoms with van der Waals surface area (Å²) in [5.41, 5.74) is 0.899. The summed E-state index contributed by atoms with van der Waals surface area (Å²) in [5.74, 6) is -0.841. The largest absolute Gasteiger partial charge is 0.481 e. The van der Waals surface area contributed by atoms with Crippen molar-refractivity contribution in [3.05, 3.63) is 66.0 Å². The Balaban J connectivity index is 1.93. The van der Waals surface area contributed by atoms with Gasteiger partial charge in [0.1, 0.15) is 0 Å². The monoisotopic (exact) mass is 303 g/mol. The predicted molar refractivity (Wildman–Crippen MR) is 80.9 cm³/mol. The van der Waals surface area contributed by atoms with Gasteiger partial charge in [0, 0.05) is 6.61 Å². The normalized spacial score (nSPS) is 11.7. The van der Waals surface area contributed by atoms with Gasteiger partial charge in [-0.1, -0.05) is 42.5 Å². The van der Waals surface area contributed by atoms with E-state index in [2.05, 4.69) is 5.32 Å². The van der Waals surface area contributed by atoms with Crippen LogP contribution in [0, 0.1) is 5.82 Å². The molecule has 2 rings (SSSR count). The second kappa shape index (κ2) is 8.14. The summed E-state index contributed by atoms with van der Waals surface area (Å²) < 4.78 is 18.6. The van der Waals surface area contributed by atoms with Crippen molar-refractivity contribution in [3.8, 4) is 5.75 Å². The van der Waals surface area contributed by atoms with Crippen molar-refractivity contribution in [1.29, 1.82) is 0 Å². The molecule has 0 aliphatic carbocycles. The van der Waals surface area contributed by atoms with Crippen LogP contribution in [-0.2, 0) is 4.79 Å². The first-order chi connectivity index (χ1) is 10.7. The number of amides is 1. The molecular formula is C17H18FNO3. The van der Waals surface area contributed by atoms with E-state index in [0.29, 0.717) is 6.42 Å². The Hall–Kier alpha value is -2.40. The van der Waals surface area contributed by atoms with Crippen LogP contribution >= 0.6 is 0 Å². The lowest BCUT2D eigenvalue weighted by Crippen LogP contribution is -2.33. The Morgan fingerprint density at radius 2 is 1.82 bits per heavy atom. The molecule has 0 fully saturated rings. The van der Waals surface area contributed by atoms with Crippen LogP contribution in [0.5, 0.6) is 5.75 Å². The predicted octanol–water partition coefficient (Wildman–Crippen LogP) is 2.44. The van der Waals surface area contributed by atoms with E-state index in [4.69, 9.17) is 9.84 Å². The first-order valence-corrected chi connectivity index (χ1v) is 7.03. The number of para-hydroxylation sites is 1. The van der Waals surface area contributed by atoms with Crippen LogP contribution in [-0.4, -0.2) is 24.2 Å². The van der Waals surface area contributed by atoms with Gasteiger partial charge in [-0.3, -0.25) is 4.79 Å². The maximum Gasteiger partial charge on any atom is 0.258 e.